The number of nitrogens with one attached hydrogen (secondary N) is 1. The van der Waals surface area contributed by atoms with Crippen molar-refractivity contribution in [3.63, 3.8) is 0 Å². The number of hydrogen-bond donors (Lipinski definition) is 2. The Morgan fingerprint density at radius 2 is 1.79 bits per heavy atom. The first kappa shape index (κ1) is 16.4. The highest BCUT2D eigenvalue weighted by Gasteiger charge is 1.96. The van der Waals surface area contributed by atoms with Crippen molar-refractivity contribution >= 4 is 39.7 Å². The Bertz CT molecular complexity index is 217. The Labute approximate surface area is 107 Å². The van der Waals surface area contributed by atoms with E-state index in [0.29, 0.717) is 0 Å². The molecule has 14 heavy (non-hydrogen) atoms. The lowest BCUT2D eigenvalue weighted by atomic mass is 10.2. The largest absolute Gasteiger partial charge is 0.383 e. The standard InChI is InChI=1S/C10H16N2.2BrH/c1-2-9(11)8-12-10-6-4-3-5-7-10;;/h3-7,9,12H,2,8,11H2,1H3;2*1H. The maximum atomic E-state index is 5.76. The van der Waals surface area contributed by atoms with Gasteiger partial charge in [-0.1, -0.05) is 25.1 Å². The molecule has 0 aliphatic heterocycles. The topological polar surface area (TPSA) is 38.0 Å². The van der Waals surface area contributed by atoms with E-state index in [4.69, 9.17) is 5.73 Å². The molecule has 1 rings (SSSR count). The van der Waals surface area contributed by atoms with Crippen LogP contribution in [0.1, 0.15) is 13.3 Å². The van der Waals surface area contributed by atoms with Crippen LogP contribution >= 0.6 is 34.0 Å². The van der Waals surface area contributed by atoms with Crippen LogP contribution in [-0.4, -0.2) is 12.6 Å². The van der Waals surface area contributed by atoms with Crippen LogP contribution in [0, 0.1) is 0 Å². The molecule has 82 valence electrons. The van der Waals surface area contributed by atoms with Gasteiger partial charge in [0.15, 0.2) is 0 Å². The fourth-order valence-electron chi connectivity index (χ4n) is 0.949. The van der Waals surface area contributed by atoms with Gasteiger partial charge in [-0.15, -0.1) is 34.0 Å². The van der Waals surface area contributed by atoms with Gasteiger partial charge in [0.25, 0.3) is 0 Å². The predicted molar refractivity (Wildman–Crippen MR) is 73.8 cm³/mol. The molecule has 0 aromatic heterocycles. The Morgan fingerprint density at radius 3 is 2.29 bits per heavy atom. The summed E-state index contributed by atoms with van der Waals surface area (Å²) >= 11 is 0. The molecular weight excluding hydrogens is 308 g/mol. The van der Waals surface area contributed by atoms with Crippen LogP contribution in [-0.2, 0) is 0 Å². The second kappa shape index (κ2) is 9.49. The average molecular weight is 326 g/mol. The van der Waals surface area contributed by atoms with Crippen LogP contribution in [0.5, 0.6) is 0 Å². The first-order valence-electron chi connectivity index (χ1n) is 4.37. The van der Waals surface area contributed by atoms with Gasteiger partial charge in [-0.05, 0) is 18.6 Å². The molecule has 0 saturated heterocycles. The maximum absolute atomic E-state index is 5.76. The molecule has 0 saturated carbocycles. The summed E-state index contributed by atoms with van der Waals surface area (Å²) in [5.74, 6) is 0. The van der Waals surface area contributed by atoms with Crippen molar-refractivity contribution in [3.8, 4) is 0 Å². The monoisotopic (exact) mass is 324 g/mol. The van der Waals surface area contributed by atoms with Crippen LogP contribution in [0.2, 0.25) is 0 Å². The number of para-hydroxylation sites is 1. The third-order valence-corrected chi connectivity index (χ3v) is 1.87. The van der Waals surface area contributed by atoms with E-state index in [1.54, 1.807) is 0 Å². The van der Waals surface area contributed by atoms with Gasteiger partial charge in [0.05, 0.1) is 0 Å². The SMILES string of the molecule is Br.Br.CCC(N)CNc1ccccc1. The number of nitrogens with two attached hydrogens (primary N) is 1. The van der Waals surface area contributed by atoms with Gasteiger partial charge in [0.2, 0.25) is 0 Å². The average Bonchev–Trinajstić information content (AvgIpc) is 2.16. The summed E-state index contributed by atoms with van der Waals surface area (Å²) in [5.41, 5.74) is 6.90. The number of halogens is 2. The number of benzene rings is 1. The molecule has 0 amide bonds. The third-order valence-electron chi connectivity index (χ3n) is 1.87. The van der Waals surface area contributed by atoms with Crippen molar-refractivity contribution in [2.75, 3.05) is 11.9 Å². The second-order valence-electron chi connectivity index (χ2n) is 2.92. The lowest BCUT2D eigenvalue weighted by molar-refractivity contribution is 0.679. The van der Waals surface area contributed by atoms with Crippen LogP contribution in [0.25, 0.3) is 0 Å². The van der Waals surface area contributed by atoms with Gasteiger partial charge in [-0.2, -0.15) is 0 Å². The first-order chi connectivity index (χ1) is 5.83. The Morgan fingerprint density at radius 1 is 1.21 bits per heavy atom. The highest BCUT2D eigenvalue weighted by molar-refractivity contribution is 8.93. The van der Waals surface area contributed by atoms with E-state index in [-0.39, 0.29) is 40.0 Å². The first-order valence-corrected chi connectivity index (χ1v) is 4.37. The molecule has 0 aliphatic carbocycles. The van der Waals surface area contributed by atoms with Crippen molar-refractivity contribution in [2.24, 2.45) is 5.73 Å². The summed E-state index contributed by atoms with van der Waals surface area (Å²) in [6.07, 6.45) is 1.01. The quantitative estimate of drug-likeness (QED) is 0.893. The van der Waals surface area contributed by atoms with Crippen molar-refractivity contribution in [1.82, 2.24) is 0 Å². The molecule has 2 nitrogen and oxygen atoms in total. The minimum absolute atomic E-state index is 0. The molecule has 1 aromatic rings. The lowest BCUT2D eigenvalue weighted by Gasteiger charge is -2.10. The second-order valence-corrected chi connectivity index (χ2v) is 2.92. The van der Waals surface area contributed by atoms with E-state index in [1.807, 2.05) is 30.3 Å². The highest BCUT2D eigenvalue weighted by Crippen LogP contribution is 2.04. The summed E-state index contributed by atoms with van der Waals surface area (Å²) < 4.78 is 0. The van der Waals surface area contributed by atoms with Crippen LogP contribution in [0.4, 0.5) is 5.69 Å². The van der Waals surface area contributed by atoms with E-state index in [1.165, 1.54) is 0 Å². The molecule has 0 bridgehead atoms. The van der Waals surface area contributed by atoms with E-state index >= 15 is 0 Å². The minimum atomic E-state index is 0. The number of anilines is 1. The van der Waals surface area contributed by atoms with E-state index in [9.17, 15) is 0 Å². The maximum Gasteiger partial charge on any atom is 0.0340 e. The molecule has 0 spiro atoms. The van der Waals surface area contributed by atoms with Crippen LogP contribution in [0.15, 0.2) is 30.3 Å². The summed E-state index contributed by atoms with van der Waals surface area (Å²) in [4.78, 5) is 0. The molecule has 1 unspecified atom stereocenters. The third kappa shape index (κ3) is 6.40. The van der Waals surface area contributed by atoms with Gasteiger partial charge in [-0.3, -0.25) is 0 Å². The molecule has 0 radical (unpaired) electrons. The predicted octanol–water partition coefficient (Wildman–Crippen LogP) is 2.99. The van der Waals surface area contributed by atoms with E-state index < -0.39 is 0 Å². The van der Waals surface area contributed by atoms with Gasteiger partial charge < -0.3 is 11.1 Å². The van der Waals surface area contributed by atoms with Crippen molar-refractivity contribution in [3.05, 3.63) is 30.3 Å². The smallest absolute Gasteiger partial charge is 0.0340 e. The molecule has 1 aromatic carbocycles. The van der Waals surface area contributed by atoms with Gasteiger partial charge >= 0.3 is 0 Å². The van der Waals surface area contributed by atoms with Crippen LogP contribution < -0.4 is 11.1 Å². The summed E-state index contributed by atoms with van der Waals surface area (Å²) in [6, 6.07) is 10.4. The van der Waals surface area contributed by atoms with Crippen molar-refractivity contribution < 1.29 is 0 Å². The Balaban J connectivity index is 0. The molecule has 3 N–H and O–H groups in total. The van der Waals surface area contributed by atoms with Crippen LogP contribution in [0.3, 0.4) is 0 Å². The zero-order valence-electron chi connectivity index (χ0n) is 8.27. The lowest BCUT2D eigenvalue weighted by Crippen LogP contribution is -2.27. The normalized spacial score (nSPS) is 10.7. The number of rotatable bonds is 4. The van der Waals surface area contributed by atoms with Gasteiger partial charge in [-0.25, -0.2) is 0 Å². The van der Waals surface area contributed by atoms with Crippen molar-refractivity contribution in [1.29, 1.82) is 0 Å². The van der Waals surface area contributed by atoms with E-state index in [2.05, 4.69) is 12.2 Å². The molecule has 0 aliphatic rings. The Kier molecular flexibility index (Phi) is 11.1. The summed E-state index contributed by atoms with van der Waals surface area (Å²) in [6.45, 7) is 2.94. The minimum Gasteiger partial charge on any atom is -0.383 e. The molecule has 1 atom stereocenters. The van der Waals surface area contributed by atoms with Crippen molar-refractivity contribution in [2.45, 2.75) is 19.4 Å². The number of hydrogen-bond acceptors (Lipinski definition) is 2. The highest BCUT2D eigenvalue weighted by atomic mass is 79.9. The van der Waals surface area contributed by atoms with E-state index in [0.717, 1.165) is 18.7 Å². The molecule has 0 heterocycles. The van der Waals surface area contributed by atoms with Gasteiger partial charge in [0, 0.05) is 18.3 Å². The fourth-order valence-corrected chi connectivity index (χ4v) is 0.949. The van der Waals surface area contributed by atoms with Gasteiger partial charge in [0.1, 0.15) is 0 Å². The molecule has 4 heteroatoms. The molecular formula is C10H18Br2N2. The summed E-state index contributed by atoms with van der Waals surface area (Å²) in [5, 5.41) is 3.27. The summed E-state index contributed by atoms with van der Waals surface area (Å²) in [7, 11) is 0. The Hall–Kier alpha value is -0.0600. The molecule has 0 fully saturated rings. The fraction of sp³-hybridized carbons (Fsp3) is 0.400. The zero-order valence-corrected chi connectivity index (χ0v) is 11.7. The zero-order chi connectivity index (χ0) is 8.81.